The third-order valence-corrected chi connectivity index (χ3v) is 2.15. The van der Waals surface area contributed by atoms with Crippen LogP contribution in [0.1, 0.15) is 33.6 Å². The van der Waals surface area contributed by atoms with Gasteiger partial charge in [0.2, 0.25) is 0 Å². The number of nitrogens with two attached hydrogens (primary N) is 1. The Bertz CT molecular complexity index is 207. The summed E-state index contributed by atoms with van der Waals surface area (Å²) in [5, 5.41) is 2.80. The highest BCUT2D eigenvalue weighted by Gasteiger charge is 2.32. The van der Waals surface area contributed by atoms with Crippen molar-refractivity contribution in [3.05, 3.63) is 0 Å². The lowest BCUT2D eigenvalue weighted by Crippen LogP contribution is -2.44. The van der Waals surface area contributed by atoms with Crippen LogP contribution in [0.4, 0.5) is 4.79 Å². The molecule has 0 saturated heterocycles. The molecule has 0 aromatic heterocycles. The van der Waals surface area contributed by atoms with Crippen molar-refractivity contribution in [3.63, 3.8) is 0 Å². The van der Waals surface area contributed by atoms with Gasteiger partial charge >= 0.3 is 6.09 Å². The smallest absolute Gasteiger partial charge is 0.407 e. The first-order valence-corrected chi connectivity index (χ1v) is 5.12. The average molecular weight is 200 g/mol. The Morgan fingerprint density at radius 3 is 2.50 bits per heavy atom. The molecule has 1 unspecified atom stereocenters. The molecule has 0 radical (unpaired) electrons. The molecule has 0 bridgehead atoms. The van der Waals surface area contributed by atoms with Crippen molar-refractivity contribution in [2.24, 2.45) is 11.7 Å². The van der Waals surface area contributed by atoms with E-state index in [1.54, 1.807) is 0 Å². The summed E-state index contributed by atoms with van der Waals surface area (Å²) in [6, 6.07) is 0.0878. The predicted molar refractivity (Wildman–Crippen MR) is 54.9 cm³/mol. The van der Waals surface area contributed by atoms with Crippen LogP contribution < -0.4 is 11.1 Å². The number of nitrogens with one attached hydrogen (secondary N) is 1. The maximum atomic E-state index is 11.4. The van der Waals surface area contributed by atoms with Crippen molar-refractivity contribution >= 4 is 6.09 Å². The molecule has 1 aliphatic rings. The Hall–Kier alpha value is -0.770. The van der Waals surface area contributed by atoms with E-state index in [1.165, 1.54) is 0 Å². The van der Waals surface area contributed by atoms with E-state index >= 15 is 0 Å². The standard InChI is InChI=1S/C10H20N2O2/c1-10(2,3)14-9(13)12-8(6-11)7-4-5-7/h7-8H,4-6,11H2,1-3H3,(H,12,13). The summed E-state index contributed by atoms with van der Waals surface area (Å²) in [7, 11) is 0. The summed E-state index contributed by atoms with van der Waals surface area (Å²) >= 11 is 0. The summed E-state index contributed by atoms with van der Waals surface area (Å²) in [4.78, 5) is 11.4. The predicted octanol–water partition coefficient (Wildman–Crippen LogP) is 1.25. The van der Waals surface area contributed by atoms with Gasteiger partial charge in [0.1, 0.15) is 5.60 Å². The van der Waals surface area contributed by atoms with Crippen LogP contribution in [-0.4, -0.2) is 24.3 Å². The van der Waals surface area contributed by atoms with Gasteiger partial charge in [-0.25, -0.2) is 4.79 Å². The van der Waals surface area contributed by atoms with Crippen LogP contribution in [0.25, 0.3) is 0 Å². The first-order chi connectivity index (χ1) is 6.42. The fraction of sp³-hybridized carbons (Fsp3) is 0.900. The van der Waals surface area contributed by atoms with Crippen LogP contribution in [-0.2, 0) is 4.74 Å². The van der Waals surface area contributed by atoms with Crippen molar-refractivity contribution in [2.75, 3.05) is 6.54 Å². The van der Waals surface area contributed by atoms with Crippen molar-refractivity contribution in [1.29, 1.82) is 0 Å². The van der Waals surface area contributed by atoms with Gasteiger partial charge in [-0.15, -0.1) is 0 Å². The summed E-state index contributed by atoms with van der Waals surface area (Å²) in [6.45, 7) is 6.04. The van der Waals surface area contributed by atoms with Crippen LogP contribution in [0.2, 0.25) is 0 Å². The highest BCUT2D eigenvalue weighted by molar-refractivity contribution is 5.68. The molecule has 3 N–H and O–H groups in total. The molecule has 1 atom stereocenters. The lowest BCUT2D eigenvalue weighted by atomic mass is 10.2. The minimum absolute atomic E-state index is 0.0878. The third-order valence-electron chi connectivity index (χ3n) is 2.15. The van der Waals surface area contributed by atoms with E-state index in [2.05, 4.69) is 5.32 Å². The van der Waals surface area contributed by atoms with E-state index in [0.29, 0.717) is 12.5 Å². The van der Waals surface area contributed by atoms with Crippen LogP contribution >= 0.6 is 0 Å². The van der Waals surface area contributed by atoms with E-state index in [0.717, 1.165) is 12.8 Å². The third kappa shape index (κ3) is 3.96. The number of hydrogen-bond donors (Lipinski definition) is 2. The molecule has 1 rings (SSSR count). The molecule has 4 nitrogen and oxygen atoms in total. The zero-order valence-corrected chi connectivity index (χ0v) is 9.17. The Kier molecular flexibility index (Phi) is 3.37. The van der Waals surface area contributed by atoms with Crippen LogP contribution in [0.3, 0.4) is 0 Å². The number of carbonyl (C=O) groups is 1. The first kappa shape index (κ1) is 11.3. The van der Waals surface area contributed by atoms with Gasteiger partial charge in [0.15, 0.2) is 0 Å². The number of alkyl carbamates (subject to hydrolysis) is 1. The second kappa shape index (κ2) is 4.17. The summed E-state index contributed by atoms with van der Waals surface area (Å²) in [5.41, 5.74) is 5.12. The van der Waals surface area contributed by atoms with Crippen molar-refractivity contribution in [3.8, 4) is 0 Å². The molecule has 1 aliphatic carbocycles. The fourth-order valence-electron chi connectivity index (χ4n) is 1.33. The molecule has 0 aliphatic heterocycles. The van der Waals surface area contributed by atoms with E-state index in [9.17, 15) is 4.79 Å². The highest BCUT2D eigenvalue weighted by atomic mass is 16.6. The molecule has 1 saturated carbocycles. The lowest BCUT2D eigenvalue weighted by Gasteiger charge is -2.22. The molecular weight excluding hydrogens is 180 g/mol. The number of hydrogen-bond acceptors (Lipinski definition) is 3. The molecule has 1 fully saturated rings. The largest absolute Gasteiger partial charge is 0.444 e. The van der Waals surface area contributed by atoms with Crippen LogP contribution in [0.5, 0.6) is 0 Å². The van der Waals surface area contributed by atoms with Crippen molar-refractivity contribution in [2.45, 2.75) is 45.3 Å². The fourth-order valence-corrected chi connectivity index (χ4v) is 1.33. The monoisotopic (exact) mass is 200 g/mol. The summed E-state index contributed by atoms with van der Waals surface area (Å²) in [5.74, 6) is 0.563. The highest BCUT2D eigenvalue weighted by Crippen LogP contribution is 2.32. The van der Waals surface area contributed by atoms with Gasteiger partial charge in [0.05, 0.1) is 0 Å². The Morgan fingerprint density at radius 1 is 1.57 bits per heavy atom. The van der Waals surface area contributed by atoms with Crippen molar-refractivity contribution < 1.29 is 9.53 Å². The maximum absolute atomic E-state index is 11.4. The Labute approximate surface area is 85.2 Å². The molecule has 82 valence electrons. The van der Waals surface area contributed by atoms with Gasteiger partial charge in [-0.2, -0.15) is 0 Å². The number of rotatable bonds is 3. The molecule has 0 aromatic carbocycles. The summed E-state index contributed by atoms with van der Waals surface area (Å²) < 4.78 is 5.14. The molecule has 0 heterocycles. The van der Waals surface area contributed by atoms with Gasteiger partial charge in [-0.3, -0.25) is 0 Å². The second-order valence-corrected chi connectivity index (χ2v) is 4.83. The van der Waals surface area contributed by atoms with Gasteiger partial charge in [0, 0.05) is 12.6 Å². The number of amides is 1. The van der Waals surface area contributed by atoms with Gasteiger partial charge < -0.3 is 15.8 Å². The molecule has 4 heteroatoms. The Balaban J connectivity index is 2.31. The van der Waals surface area contributed by atoms with Crippen LogP contribution in [0, 0.1) is 5.92 Å². The van der Waals surface area contributed by atoms with E-state index in [4.69, 9.17) is 10.5 Å². The molecule has 0 aromatic rings. The zero-order chi connectivity index (χ0) is 10.8. The number of carbonyl (C=O) groups excluding carboxylic acids is 1. The normalized spacial score (nSPS) is 18.9. The average Bonchev–Trinajstić information content (AvgIpc) is 2.78. The summed E-state index contributed by atoms with van der Waals surface area (Å²) in [6.07, 6.45) is 1.97. The molecule has 1 amide bonds. The molecule has 14 heavy (non-hydrogen) atoms. The number of ether oxygens (including phenoxy) is 1. The van der Waals surface area contributed by atoms with Crippen LogP contribution in [0.15, 0.2) is 0 Å². The van der Waals surface area contributed by atoms with Gasteiger partial charge in [-0.05, 0) is 39.5 Å². The maximum Gasteiger partial charge on any atom is 0.407 e. The van der Waals surface area contributed by atoms with Crippen molar-refractivity contribution in [1.82, 2.24) is 5.32 Å². The topological polar surface area (TPSA) is 64.3 Å². The Morgan fingerprint density at radius 2 is 2.14 bits per heavy atom. The SMILES string of the molecule is CC(C)(C)OC(=O)NC(CN)C1CC1. The van der Waals surface area contributed by atoms with Gasteiger partial charge in [-0.1, -0.05) is 0 Å². The zero-order valence-electron chi connectivity index (χ0n) is 9.17. The van der Waals surface area contributed by atoms with E-state index in [1.807, 2.05) is 20.8 Å². The quantitative estimate of drug-likeness (QED) is 0.720. The first-order valence-electron chi connectivity index (χ1n) is 5.12. The lowest BCUT2D eigenvalue weighted by molar-refractivity contribution is 0.0500. The van der Waals surface area contributed by atoms with E-state index in [-0.39, 0.29) is 12.1 Å². The van der Waals surface area contributed by atoms with Gasteiger partial charge in [0.25, 0.3) is 0 Å². The molecular formula is C10H20N2O2. The second-order valence-electron chi connectivity index (χ2n) is 4.83. The minimum atomic E-state index is -0.438. The van der Waals surface area contributed by atoms with E-state index < -0.39 is 5.60 Å². The molecule has 0 spiro atoms. The minimum Gasteiger partial charge on any atom is -0.444 e.